The third-order valence-electron chi connectivity index (χ3n) is 5.54. The molecule has 0 spiro atoms. The number of carbonyl (C=O) groups is 4. The van der Waals surface area contributed by atoms with Gasteiger partial charge in [0.25, 0.3) is 5.91 Å². The van der Waals surface area contributed by atoms with Crippen molar-refractivity contribution in [3.05, 3.63) is 65.5 Å². The molecule has 1 fully saturated rings. The van der Waals surface area contributed by atoms with Crippen molar-refractivity contribution in [2.75, 3.05) is 19.7 Å². The first-order valence-corrected chi connectivity index (χ1v) is 10.8. The summed E-state index contributed by atoms with van der Waals surface area (Å²) >= 11 is 0. The average molecular weight is 453 g/mol. The van der Waals surface area contributed by atoms with Crippen molar-refractivity contribution in [3.8, 4) is 0 Å². The minimum atomic E-state index is -1.26. The lowest BCUT2D eigenvalue weighted by atomic mass is 9.91. The van der Waals surface area contributed by atoms with Crippen LogP contribution in [0.4, 0.5) is 4.79 Å². The average Bonchev–Trinajstić information content (AvgIpc) is 3.01. The molecule has 3 rings (SSSR count). The predicted octanol–water partition coefficient (Wildman–Crippen LogP) is 2.14. The highest BCUT2D eigenvalue weighted by atomic mass is 16.5. The standard InChI is InChI=1S/C24H28N4O5/c1-4-33-21(30)11-13-27(15-18-6-5-12-25-14-18)20(29)16-28-22(31)24(3,26-23(28)32)19-9-7-17(2)8-10-19/h5-10,12,14H,4,11,13,15-16H2,1-3H3,(H,26,32). The number of pyridine rings is 1. The molecule has 9 nitrogen and oxygen atoms in total. The summed E-state index contributed by atoms with van der Waals surface area (Å²) in [6.45, 7) is 5.34. The molecule has 174 valence electrons. The molecule has 0 radical (unpaired) electrons. The Bertz CT molecular complexity index is 1020. The molecule has 1 saturated heterocycles. The van der Waals surface area contributed by atoms with Crippen molar-refractivity contribution in [3.63, 3.8) is 0 Å². The Labute approximate surface area is 192 Å². The molecule has 0 aliphatic carbocycles. The number of hydrogen-bond donors (Lipinski definition) is 1. The Morgan fingerprint density at radius 2 is 1.91 bits per heavy atom. The number of hydrogen-bond acceptors (Lipinski definition) is 6. The summed E-state index contributed by atoms with van der Waals surface area (Å²) < 4.78 is 4.96. The van der Waals surface area contributed by atoms with Gasteiger partial charge in [-0.1, -0.05) is 35.9 Å². The van der Waals surface area contributed by atoms with E-state index in [2.05, 4.69) is 10.3 Å². The first kappa shape index (κ1) is 23.9. The number of nitrogens with one attached hydrogen (secondary N) is 1. The maximum atomic E-state index is 13.2. The number of imide groups is 1. The predicted molar refractivity (Wildman–Crippen MR) is 120 cm³/mol. The minimum absolute atomic E-state index is 0.00106. The maximum Gasteiger partial charge on any atom is 0.325 e. The second-order valence-electron chi connectivity index (χ2n) is 8.04. The summed E-state index contributed by atoms with van der Waals surface area (Å²) in [7, 11) is 0. The van der Waals surface area contributed by atoms with Gasteiger partial charge >= 0.3 is 12.0 Å². The lowest BCUT2D eigenvalue weighted by molar-refractivity contribution is -0.145. The number of carbonyl (C=O) groups excluding carboxylic acids is 4. The summed E-state index contributed by atoms with van der Waals surface area (Å²) in [5.74, 6) is -1.39. The van der Waals surface area contributed by atoms with E-state index in [4.69, 9.17) is 4.74 Å². The van der Waals surface area contributed by atoms with E-state index >= 15 is 0 Å². The van der Waals surface area contributed by atoms with Crippen LogP contribution in [0, 0.1) is 6.92 Å². The van der Waals surface area contributed by atoms with Gasteiger partial charge in [-0.25, -0.2) is 4.79 Å². The number of esters is 1. The quantitative estimate of drug-likeness (QED) is 0.461. The number of rotatable bonds is 9. The fourth-order valence-corrected chi connectivity index (χ4v) is 3.62. The zero-order valence-corrected chi connectivity index (χ0v) is 19.0. The normalized spacial score (nSPS) is 17.6. The zero-order chi connectivity index (χ0) is 24.0. The molecule has 1 aromatic carbocycles. The van der Waals surface area contributed by atoms with Crippen molar-refractivity contribution in [1.29, 1.82) is 0 Å². The van der Waals surface area contributed by atoms with E-state index in [-0.39, 0.29) is 26.1 Å². The monoisotopic (exact) mass is 452 g/mol. The maximum absolute atomic E-state index is 13.2. The van der Waals surface area contributed by atoms with Crippen LogP contribution in [-0.2, 0) is 31.2 Å². The van der Waals surface area contributed by atoms with Crippen LogP contribution in [0.25, 0.3) is 0 Å². The summed E-state index contributed by atoms with van der Waals surface area (Å²) in [5, 5.41) is 2.71. The van der Waals surface area contributed by atoms with E-state index in [9.17, 15) is 19.2 Å². The van der Waals surface area contributed by atoms with E-state index in [1.165, 1.54) is 4.90 Å². The van der Waals surface area contributed by atoms with E-state index < -0.39 is 35.9 Å². The lowest BCUT2D eigenvalue weighted by Gasteiger charge is -2.25. The first-order valence-electron chi connectivity index (χ1n) is 10.8. The number of urea groups is 1. The highest BCUT2D eigenvalue weighted by Gasteiger charge is 2.49. The molecule has 1 N–H and O–H groups in total. The fraction of sp³-hybridized carbons (Fsp3) is 0.375. The smallest absolute Gasteiger partial charge is 0.325 e. The van der Waals surface area contributed by atoms with Crippen LogP contribution in [0.2, 0.25) is 0 Å². The van der Waals surface area contributed by atoms with Gasteiger partial charge in [0.2, 0.25) is 5.91 Å². The number of ether oxygens (including phenoxy) is 1. The topological polar surface area (TPSA) is 109 Å². The lowest BCUT2D eigenvalue weighted by Crippen LogP contribution is -2.45. The van der Waals surface area contributed by atoms with Gasteiger partial charge in [-0.2, -0.15) is 0 Å². The number of benzene rings is 1. The highest BCUT2D eigenvalue weighted by molar-refractivity contribution is 6.09. The van der Waals surface area contributed by atoms with Crippen molar-refractivity contribution < 1.29 is 23.9 Å². The number of amides is 4. The Hall–Kier alpha value is -3.75. The second kappa shape index (κ2) is 10.2. The van der Waals surface area contributed by atoms with Crippen LogP contribution in [0.15, 0.2) is 48.8 Å². The van der Waals surface area contributed by atoms with Gasteiger partial charge in [-0.3, -0.25) is 24.3 Å². The zero-order valence-electron chi connectivity index (χ0n) is 19.0. The minimum Gasteiger partial charge on any atom is -0.466 e. The van der Waals surface area contributed by atoms with Gasteiger partial charge in [-0.15, -0.1) is 0 Å². The summed E-state index contributed by atoms with van der Waals surface area (Å²) in [5.41, 5.74) is 1.16. The molecule has 1 aliphatic rings. The third-order valence-corrected chi connectivity index (χ3v) is 5.54. The van der Waals surface area contributed by atoms with Crippen LogP contribution >= 0.6 is 0 Å². The molecule has 9 heteroatoms. The second-order valence-corrected chi connectivity index (χ2v) is 8.04. The van der Waals surface area contributed by atoms with E-state index in [1.54, 1.807) is 50.5 Å². The van der Waals surface area contributed by atoms with Gasteiger partial charge in [0, 0.05) is 25.5 Å². The Morgan fingerprint density at radius 3 is 2.55 bits per heavy atom. The van der Waals surface area contributed by atoms with E-state index in [0.29, 0.717) is 5.56 Å². The Morgan fingerprint density at radius 1 is 1.18 bits per heavy atom. The third kappa shape index (κ3) is 5.54. The van der Waals surface area contributed by atoms with Crippen LogP contribution in [0.1, 0.15) is 37.0 Å². The first-order chi connectivity index (χ1) is 15.7. The van der Waals surface area contributed by atoms with E-state index in [0.717, 1.165) is 16.0 Å². The summed E-state index contributed by atoms with van der Waals surface area (Å²) in [4.78, 5) is 57.2. The SMILES string of the molecule is CCOC(=O)CCN(Cc1cccnc1)C(=O)CN1C(=O)NC(C)(c2ccc(C)cc2)C1=O. The van der Waals surface area contributed by atoms with Crippen molar-refractivity contribution in [2.45, 2.75) is 39.3 Å². The molecule has 1 aromatic heterocycles. The number of aryl methyl sites for hydroxylation is 1. The van der Waals surface area contributed by atoms with Crippen LogP contribution in [0.5, 0.6) is 0 Å². The molecule has 2 heterocycles. The molecular formula is C24H28N4O5. The highest BCUT2D eigenvalue weighted by Crippen LogP contribution is 2.29. The number of aromatic nitrogens is 1. The van der Waals surface area contributed by atoms with Gasteiger partial charge in [-0.05, 0) is 38.0 Å². The molecular weight excluding hydrogens is 424 g/mol. The number of nitrogens with zero attached hydrogens (tertiary/aromatic N) is 3. The Kier molecular flexibility index (Phi) is 7.42. The molecule has 1 unspecified atom stereocenters. The Balaban J connectivity index is 1.75. The molecule has 1 atom stereocenters. The van der Waals surface area contributed by atoms with E-state index in [1.807, 2.05) is 19.1 Å². The van der Waals surface area contributed by atoms with Crippen LogP contribution in [0.3, 0.4) is 0 Å². The van der Waals surface area contributed by atoms with Gasteiger partial charge in [0.15, 0.2) is 0 Å². The molecule has 1 aliphatic heterocycles. The van der Waals surface area contributed by atoms with Gasteiger partial charge in [0.05, 0.1) is 13.0 Å². The van der Waals surface area contributed by atoms with Crippen molar-refractivity contribution in [1.82, 2.24) is 20.1 Å². The molecule has 0 bridgehead atoms. The fourth-order valence-electron chi connectivity index (χ4n) is 3.62. The van der Waals surface area contributed by atoms with Gasteiger partial charge < -0.3 is 15.0 Å². The van der Waals surface area contributed by atoms with Gasteiger partial charge in [0.1, 0.15) is 12.1 Å². The summed E-state index contributed by atoms with van der Waals surface area (Å²) in [6, 6.07) is 10.2. The molecule has 2 aromatic rings. The molecule has 0 saturated carbocycles. The van der Waals surface area contributed by atoms with Crippen molar-refractivity contribution >= 4 is 23.8 Å². The largest absolute Gasteiger partial charge is 0.466 e. The van der Waals surface area contributed by atoms with Crippen LogP contribution in [-0.4, -0.2) is 58.3 Å². The molecule has 33 heavy (non-hydrogen) atoms. The summed E-state index contributed by atoms with van der Waals surface area (Å²) in [6.07, 6.45) is 3.24. The van der Waals surface area contributed by atoms with Crippen molar-refractivity contribution in [2.24, 2.45) is 0 Å². The molecule has 4 amide bonds. The van der Waals surface area contributed by atoms with Crippen LogP contribution < -0.4 is 5.32 Å².